The molecular weight excluding hydrogens is 402 g/mol. The highest BCUT2D eigenvalue weighted by Gasteiger charge is 2.22. The normalized spacial score (nSPS) is 17.6. The predicted molar refractivity (Wildman–Crippen MR) is 113 cm³/mol. The topological polar surface area (TPSA) is 70.2 Å². The molecule has 3 heterocycles. The number of nitrogens with zero attached hydrogens (tertiary/aromatic N) is 2. The standard InChI is InChI=1S/C23H24F2N4O2/c24-19-11-14(13-29-6-1-7-29)10-17(21(19)25)15-2-3-20-18(12-15)22(28-27-20)23(30)26-16-4-8-31-9-5-16/h2-3,10-12,16H,1,4-9,13H2,(H,26,30)(H,27,28). The first kappa shape index (κ1) is 20.1. The van der Waals surface area contributed by atoms with Crippen molar-refractivity contribution in [1.82, 2.24) is 20.4 Å². The molecule has 2 aliphatic rings. The third kappa shape index (κ3) is 4.05. The van der Waals surface area contributed by atoms with Crippen LogP contribution >= 0.6 is 0 Å². The first-order chi connectivity index (χ1) is 15.1. The zero-order chi connectivity index (χ0) is 21.4. The molecule has 162 valence electrons. The van der Waals surface area contributed by atoms with Crippen LogP contribution in [0.5, 0.6) is 0 Å². The van der Waals surface area contributed by atoms with Crippen LogP contribution < -0.4 is 5.32 Å². The van der Waals surface area contributed by atoms with Crippen molar-refractivity contribution in [1.29, 1.82) is 0 Å². The van der Waals surface area contributed by atoms with Gasteiger partial charge >= 0.3 is 0 Å². The molecule has 6 nitrogen and oxygen atoms in total. The highest BCUT2D eigenvalue weighted by atomic mass is 19.2. The molecule has 2 aliphatic heterocycles. The number of ether oxygens (including phenoxy) is 1. The molecule has 0 bridgehead atoms. The van der Waals surface area contributed by atoms with Crippen molar-refractivity contribution in [2.75, 3.05) is 26.3 Å². The lowest BCUT2D eigenvalue weighted by Gasteiger charge is -2.30. The van der Waals surface area contributed by atoms with Gasteiger partial charge in [0.05, 0.1) is 5.52 Å². The van der Waals surface area contributed by atoms with E-state index in [1.165, 1.54) is 6.07 Å². The Kier molecular flexibility index (Phi) is 5.41. The Hall–Kier alpha value is -2.84. The minimum Gasteiger partial charge on any atom is -0.381 e. The molecule has 5 rings (SSSR count). The van der Waals surface area contributed by atoms with Gasteiger partial charge in [-0.1, -0.05) is 6.07 Å². The van der Waals surface area contributed by atoms with Crippen LogP contribution in [0.1, 0.15) is 35.3 Å². The maximum absolute atomic E-state index is 14.7. The first-order valence-corrected chi connectivity index (χ1v) is 10.7. The molecule has 1 aromatic heterocycles. The van der Waals surface area contributed by atoms with Gasteiger partial charge in [-0.25, -0.2) is 8.78 Å². The molecule has 0 aliphatic carbocycles. The third-order valence-corrected chi connectivity index (χ3v) is 6.09. The molecule has 0 radical (unpaired) electrons. The second-order valence-electron chi connectivity index (χ2n) is 8.26. The maximum atomic E-state index is 14.7. The minimum atomic E-state index is -0.886. The summed E-state index contributed by atoms with van der Waals surface area (Å²) in [6.45, 7) is 3.78. The van der Waals surface area contributed by atoms with Crippen LogP contribution in [-0.4, -0.2) is 53.3 Å². The average molecular weight is 426 g/mol. The number of carbonyl (C=O) groups excluding carboxylic acids is 1. The summed E-state index contributed by atoms with van der Waals surface area (Å²) in [5.41, 5.74) is 2.35. The van der Waals surface area contributed by atoms with E-state index in [1.807, 2.05) is 0 Å². The van der Waals surface area contributed by atoms with Crippen molar-refractivity contribution >= 4 is 16.8 Å². The third-order valence-electron chi connectivity index (χ3n) is 6.09. The number of carbonyl (C=O) groups is 1. The Balaban J connectivity index is 1.46. The number of H-pyrrole nitrogens is 1. The summed E-state index contributed by atoms with van der Waals surface area (Å²) < 4.78 is 34.4. The molecule has 8 heteroatoms. The van der Waals surface area contributed by atoms with Crippen LogP contribution in [0.3, 0.4) is 0 Å². The molecule has 0 spiro atoms. The van der Waals surface area contributed by atoms with Gasteiger partial charge in [0.1, 0.15) is 0 Å². The lowest BCUT2D eigenvalue weighted by atomic mass is 9.99. The van der Waals surface area contributed by atoms with Crippen LogP contribution in [0.15, 0.2) is 30.3 Å². The van der Waals surface area contributed by atoms with E-state index in [-0.39, 0.29) is 23.2 Å². The summed E-state index contributed by atoms with van der Waals surface area (Å²) in [5, 5.41) is 10.6. The number of nitrogens with one attached hydrogen (secondary N) is 2. The van der Waals surface area contributed by atoms with Gasteiger partial charge in [-0.2, -0.15) is 5.10 Å². The van der Waals surface area contributed by atoms with Crippen molar-refractivity contribution < 1.29 is 18.3 Å². The lowest BCUT2D eigenvalue weighted by molar-refractivity contribution is 0.0695. The van der Waals surface area contributed by atoms with Crippen molar-refractivity contribution in [3.05, 3.63) is 53.2 Å². The van der Waals surface area contributed by atoms with Crippen LogP contribution in [-0.2, 0) is 11.3 Å². The van der Waals surface area contributed by atoms with Gasteiger partial charge in [0.2, 0.25) is 0 Å². The van der Waals surface area contributed by atoms with E-state index >= 15 is 0 Å². The zero-order valence-electron chi connectivity index (χ0n) is 17.1. The maximum Gasteiger partial charge on any atom is 0.272 e. The first-order valence-electron chi connectivity index (χ1n) is 10.7. The van der Waals surface area contributed by atoms with E-state index in [4.69, 9.17) is 4.74 Å². The van der Waals surface area contributed by atoms with Crippen molar-refractivity contribution in [3.8, 4) is 11.1 Å². The fourth-order valence-electron chi connectivity index (χ4n) is 4.19. The number of benzene rings is 2. The van der Waals surface area contributed by atoms with E-state index in [2.05, 4.69) is 20.4 Å². The molecule has 31 heavy (non-hydrogen) atoms. The molecule has 2 aromatic carbocycles. The summed E-state index contributed by atoms with van der Waals surface area (Å²) in [6.07, 6.45) is 2.65. The van der Waals surface area contributed by atoms with Crippen molar-refractivity contribution in [3.63, 3.8) is 0 Å². The summed E-state index contributed by atoms with van der Waals surface area (Å²) in [7, 11) is 0. The Labute approximate surface area is 178 Å². The number of aromatic amines is 1. The number of likely N-dealkylation sites (tertiary alicyclic amines) is 1. The van der Waals surface area contributed by atoms with Gasteiger partial charge in [0.15, 0.2) is 17.3 Å². The molecule has 2 N–H and O–H groups in total. The summed E-state index contributed by atoms with van der Waals surface area (Å²) in [5.74, 6) is -2.03. The minimum absolute atomic E-state index is 0.0425. The number of fused-ring (bicyclic) bond motifs is 1. The van der Waals surface area contributed by atoms with Crippen molar-refractivity contribution in [2.45, 2.75) is 31.8 Å². The summed E-state index contributed by atoms with van der Waals surface area (Å²) >= 11 is 0. The largest absolute Gasteiger partial charge is 0.381 e. The van der Waals surface area contributed by atoms with Crippen LogP contribution in [0.4, 0.5) is 8.78 Å². The molecular formula is C23H24F2N4O2. The average Bonchev–Trinajstić information content (AvgIpc) is 3.17. The van der Waals surface area contributed by atoms with Crippen LogP contribution in [0.25, 0.3) is 22.0 Å². The number of halogens is 2. The van der Waals surface area contributed by atoms with E-state index in [1.54, 1.807) is 24.3 Å². The Morgan fingerprint density at radius 1 is 1.19 bits per heavy atom. The van der Waals surface area contributed by atoms with Crippen molar-refractivity contribution in [2.24, 2.45) is 0 Å². The Morgan fingerprint density at radius 3 is 2.74 bits per heavy atom. The van der Waals surface area contributed by atoms with Gasteiger partial charge in [-0.3, -0.25) is 14.8 Å². The molecule has 1 amide bonds. The van der Waals surface area contributed by atoms with E-state index in [0.29, 0.717) is 36.2 Å². The van der Waals surface area contributed by atoms with Gasteiger partial charge < -0.3 is 10.1 Å². The van der Waals surface area contributed by atoms with Gasteiger partial charge in [0.25, 0.3) is 5.91 Å². The van der Waals surface area contributed by atoms with E-state index in [9.17, 15) is 13.6 Å². The summed E-state index contributed by atoms with van der Waals surface area (Å²) in [4.78, 5) is 15.0. The quantitative estimate of drug-likeness (QED) is 0.654. The monoisotopic (exact) mass is 426 g/mol. The molecule has 2 fully saturated rings. The molecule has 0 saturated carbocycles. The number of hydrogen-bond donors (Lipinski definition) is 2. The molecule has 3 aromatic rings. The highest BCUT2D eigenvalue weighted by molar-refractivity contribution is 6.05. The van der Waals surface area contributed by atoms with Gasteiger partial charge in [-0.05, 0) is 67.7 Å². The van der Waals surface area contributed by atoms with Crippen LogP contribution in [0.2, 0.25) is 0 Å². The number of rotatable bonds is 5. The van der Waals surface area contributed by atoms with Gasteiger partial charge in [0, 0.05) is 36.8 Å². The second kappa shape index (κ2) is 8.36. The fourth-order valence-corrected chi connectivity index (χ4v) is 4.19. The second-order valence-corrected chi connectivity index (χ2v) is 8.26. The van der Waals surface area contributed by atoms with Gasteiger partial charge in [-0.15, -0.1) is 0 Å². The number of hydrogen-bond acceptors (Lipinski definition) is 4. The fraction of sp³-hybridized carbons (Fsp3) is 0.391. The van der Waals surface area contributed by atoms with E-state index < -0.39 is 11.6 Å². The molecule has 0 atom stereocenters. The zero-order valence-corrected chi connectivity index (χ0v) is 17.1. The summed E-state index contributed by atoms with van der Waals surface area (Å²) in [6, 6.07) is 8.15. The van der Waals surface area contributed by atoms with E-state index in [0.717, 1.165) is 37.9 Å². The molecule has 0 unspecified atom stereocenters. The van der Waals surface area contributed by atoms with Crippen LogP contribution in [0, 0.1) is 11.6 Å². The lowest BCUT2D eigenvalue weighted by Crippen LogP contribution is -2.39. The smallest absolute Gasteiger partial charge is 0.272 e. The number of aromatic nitrogens is 2. The SMILES string of the molecule is O=C(NC1CCOCC1)c1n[nH]c2ccc(-c3cc(CN4CCC4)cc(F)c3F)cc12. The molecule has 2 saturated heterocycles. The predicted octanol–water partition coefficient (Wildman–Crippen LogP) is 3.62. The number of amides is 1. The Bertz CT molecular complexity index is 1120. The highest BCUT2D eigenvalue weighted by Crippen LogP contribution is 2.30. The Morgan fingerprint density at radius 2 is 2.00 bits per heavy atom.